The summed E-state index contributed by atoms with van der Waals surface area (Å²) in [7, 11) is 0. The Kier molecular flexibility index (Phi) is 4.65. The first-order chi connectivity index (χ1) is 7.84. The first kappa shape index (κ1) is 14.1. The second-order valence-corrected chi connectivity index (χ2v) is 4.35. The van der Waals surface area contributed by atoms with Crippen molar-refractivity contribution in [1.82, 2.24) is 0 Å². The maximum absolute atomic E-state index is 12.7. The lowest BCUT2D eigenvalue weighted by Crippen LogP contribution is -2.21. The van der Waals surface area contributed by atoms with Crippen molar-refractivity contribution < 1.29 is 13.2 Å². The van der Waals surface area contributed by atoms with E-state index in [2.05, 4.69) is 5.32 Å². The van der Waals surface area contributed by atoms with Crippen LogP contribution in [0.3, 0.4) is 0 Å². The number of anilines is 1. The van der Waals surface area contributed by atoms with Gasteiger partial charge in [-0.3, -0.25) is 0 Å². The molecule has 1 atom stereocenters. The predicted octanol–water partition coefficient (Wildman–Crippen LogP) is 3.37. The van der Waals surface area contributed by atoms with Crippen LogP contribution in [-0.2, 0) is 6.18 Å². The molecule has 0 saturated carbocycles. The highest BCUT2D eigenvalue weighted by Gasteiger charge is 2.33. The molecule has 0 amide bonds. The van der Waals surface area contributed by atoms with Crippen LogP contribution >= 0.6 is 11.6 Å². The highest BCUT2D eigenvalue weighted by atomic mass is 35.5. The summed E-state index contributed by atoms with van der Waals surface area (Å²) in [5, 5.41) is 2.80. The van der Waals surface area contributed by atoms with Crippen LogP contribution in [-0.4, -0.2) is 13.1 Å². The fourth-order valence-corrected chi connectivity index (χ4v) is 1.44. The predicted molar refractivity (Wildman–Crippen MR) is 63.2 cm³/mol. The first-order valence-electron chi connectivity index (χ1n) is 5.15. The highest BCUT2D eigenvalue weighted by Crippen LogP contribution is 2.36. The summed E-state index contributed by atoms with van der Waals surface area (Å²) in [5.41, 5.74) is 4.68. The van der Waals surface area contributed by atoms with E-state index < -0.39 is 11.7 Å². The lowest BCUT2D eigenvalue weighted by atomic mass is 10.1. The molecule has 0 heterocycles. The van der Waals surface area contributed by atoms with Gasteiger partial charge in [0.25, 0.3) is 0 Å². The van der Waals surface area contributed by atoms with Gasteiger partial charge < -0.3 is 11.1 Å². The standard InChI is InChI=1S/C11H14ClF3N2/c1-7(5-16)6-17-10-3-2-8(12)4-9(10)11(13,14)15/h2-4,7,17H,5-6,16H2,1H3. The number of halogens is 4. The molecule has 0 aliphatic carbocycles. The fraction of sp³-hybridized carbons (Fsp3) is 0.455. The Morgan fingerprint density at radius 1 is 1.41 bits per heavy atom. The topological polar surface area (TPSA) is 38.0 Å². The van der Waals surface area contributed by atoms with Crippen LogP contribution in [0.2, 0.25) is 5.02 Å². The maximum Gasteiger partial charge on any atom is 0.418 e. The zero-order chi connectivity index (χ0) is 13.1. The van der Waals surface area contributed by atoms with Crippen LogP contribution in [0.5, 0.6) is 0 Å². The minimum Gasteiger partial charge on any atom is -0.384 e. The van der Waals surface area contributed by atoms with Crippen molar-refractivity contribution in [3.63, 3.8) is 0 Å². The Morgan fingerprint density at radius 3 is 2.59 bits per heavy atom. The number of nitrogens with one attached hydrogen (secondary N) is 1. The van der Waals surface area contributed by atoms with Crippen molar-refractivity contribution in [3.8, 4) is 0 Å². The van der Waals surface area contributed by atoms with Gasteiger partial charge in [0.15, 0.2) is 0 Å². The average molecular weight is 267 g/mol. The van der Waals surface area contributed by atoms with Gasteiger partial charge in [0.05, 0.1) is 5.56 Å². The molecule has 0 radical (unpaired) electrons. The van der Waals surface area contributed by atoms with Gasteiger partial charge in [0.1, 0.15) is 0 Å². The Bertz CT molecular complexity index is 379. The molecule has 0 aliphatic heterocycles. The van der Waals surface area contributed by atoms with Gasteiger partial charge in [-0.1, -0.05) is 18.5 Å². The van der Waals surface area contributed by atoms with Crippen molar-refractivity contribution >= 4 is 17.3 Å². The van der Waals surface area contributed by atoms with E-state index in [1.165, 1.54) is 12.1 Å². The molecular formula is C11H14ClF3N2. The summed E-state index contributed by atoms with van der Waals surface area (Å²) < 4.78 is 38.1. The molecule has 1 unspecified atom stereocenters. The SMILES string of the molecule is CC(CN)CNc1ccc(Cl)cc1C(F)(F)F. The van der Waals surface area contributed by atoms with E-state index >= 15 is 0 Å². The van der Waals surface area contributed by atoms with Gasteiger partial charge in [-0.15, -0.1) is 0 Å². The van der Waals surface area contributed by atoms with Gasteiger partial charge in [0, 0.05) is 17.3 Å². The Balaban J connectivity index is 2.91. The molecule has 1 aromatic carbocycles. The molecule has 0 aliphatic rings. The lowest BCUT2D eigenvalue weighted by Gasteiger charge is -2.16. The highest BCUT2D eigenvalue weighted by molar-refractivity contribution is 6.30. The van der Waals surface area contributed by atoms with Crippen LogP contribution in [0, 0.1) is 5.92 Å². The minimum absolute atomic E-state index is 0.0298. The molecule has 6 heteroatoms. The van der Waals surface area contributed by atoms with Crippen LogP contribution in [0.25, 0.3) is 0 Å². The average Bonchev–Trinajstić information content (AvgIpc) is 2.25. The van der Waals surface area contributed by atoms with Gasteiger partial charge in [-0.2, -0.15) is 13.2 Å². The number of alkyl halides is 3. The van der Waals surface area contributed by atoms with Crippen LogP contribution in [0.1, 0.15) is 12.5 Å². The number of rotatable bonds is 4. The monoisotopic (exact) mass is 266 g/mol. The van der Waals surface area contributed by atoms with E-state index in [1.54, 1.807) is 0 Å². The third kappa shape index (κ3) is 4.09. The maximum atomic E-state index is 12.7. The number of hydrogen-bond acceptors (Lipinski definition) is 2. The summed E-state index contributed by atoms with van der Waals surface area (Å²) in [6.45, 7) is 2.67. The summed E-state index contributed by atoms with van der Waals surface area (Å²) in [6, 6.07) is 3.66. The molecule has 0 saturated heterocycles. The molecule has 96 valence electrons. The zero-order valence-corrected chi connectivity index (χ0v) is 10.1. The number of nitrogens with two attached hydrogens (primary N) is 1. The van der Waals surface area contributed by atoms with Crippen LogP contribution < -0.4 is 11.1 Å². The largest absolute Gasteiger partial charge is 0.418 e. The van der Waals surface area contributed by atoms with Crippen molar-refractivity contribution in [2.75, 3.05) is 18.4 Å². The molecule has 3 N–H and O–H groups in total. The second-order valence-electron chi connectivity index (χ2n) is 3.91. The van der Waals surface area contributed by atoms with E-state index in [-0.39, 0.29) is 16.6 Å². The number of hydrogen-bond donors (Lipinski definition) is 2. The van der Waals surface area contributed by atoms with Crippen LogP contribution in [0.4, 0.5) is 18.9 Å². The second kappa shape index (κ2) is 5.60. The zero-order valence-electron chi connectivity index (χ0n) is 9.31. The van der Waals surface area contributed by atoms with E-state index in [4.69, 9.17) is 17.3 Å². The van der Waals surface area contributed by atoms with Gasteiger partial charge in [0.2, 0.25) is 0 Å². The van der Waals surface area contributed by atoms with Crippen molar-refractivity contribution in [2.45, 2.75) is 13.1 Å². The van der Waals surface area contributed by atoms with Crippen LogP contribution in [0.15, 0.2) is 18.2 Å². The fourth-order valence-electron chi connectivity index (χ4n) is 1.27. The molecule has 0 fully saturated rings. The van der Waals surface area contributed by atoms with E-state index in [0.29, 0.717) is 13.1 Å². The smallest absolute Gasteiger partial charge is 0.384 e. The molecule has 0 bridgehead atoms. The minimum atomic E-state index is -4.42. The molecule has 0 aromatic heterocycles. The molecule has 1 aromatic rings. The summed E-state index contributed by atoms with van der Waals surface area (Å²) >= 11 is 5.57. The van der Waals surface area contributed by atoms with Gasteiger partial charge >= 0.3 is 6.18 Å². The third-order valence-electron chi connectivity index (χ3n) is 2.33. The summed E-state index contributed by atoms with van der Waals surface area (Å²) in [6.07, 6.45) is -4.42. The number of benzene rings is 1. The summed E-state index contributed by atoms with van der Waals surface area (Å²) in [5.74, 6) is 0.103. The third-order valence-corrected chi connectivity index (χ3v) is 2.57. The van der Waals surface area contributed by atoms with Crippen molar-refractivity contribution in [3.05, 3.63) is 28.8 Å². The van der Waals surface area contributed by atoms with E-state index in [1.807, 2.05) is 6.92 Å². The molecule has 1 rings (SSSR count). The van der Waals surface area contributed by atoms with E-state index in [9.17, 15) is 13.2 Å². The van der Waals surface area contributed by atoms with Crippen molar-refractivity contribution in [1.29, 1.82) is 0 Å². The molecular weight excluding hydrogens is 253 g/mol. The molecule has 17 heavy (non-hydrogen) atoms. The van der Waals surface area contributed by atoms with Gasteiger partial charge in [-0.25, -0.2) is 0 Å². The lowest BCUT2D eigenvalue weighted by molar-refractivity contribution is -0.136. The Labute approximate surface area is 103 Å². The Morgan fingerprint density at radius 2 is 2.06 bits per heavy atom. The first-order valence-corrected chi connectivity index (χ1v) is 5.53. The van der Waals surface area contributed by atoms with E-state index in [0.717, 1.165) is 6.07 Å². The van der Waals surface area contributed by atoms with Gasteiger partial charge in [-0.05, 0) is 30.7 Å². The molecule has 0 spiro atoms. The normalized spacial score (nSPS) is 13.5. The Hall–Kier alpha value is -0.940. The quantitative estimate of drug-likeness (QED) is 0.877. The summed E-state index contributed by atoms with van der Waals surface area (Å²) in [4.78, 5) is 0. The van der Waals surface area contributed by atoms with Crippen molar-refractivity contribution in [2.24, 2.45) is 11.7 Å². The molecule has 2 nitrogen and oxygen atoms in total.